The van der Waals surface area contributed by atoms with E-state index in [0.29, 0.717) is 16.9 Å². The van der Waals surface area contributed by atoms with E-state index in [1.54, 1.807) is 11.7 Å². The third-order valence-corrected chi connectivity index (χ3v) is 5.00. The number of amides is 1. The molecule has 1 aromatic carbocycles. The van der Waals surface area contributed by atoms with E-state index in [9.17, 15) is 4.79 Å². The van der Waals surface area contributed by atoms with Crippen LogP contribution in [0, 0.1) is 6.92 Å². The van der Waals surface area contributed by atoms with E-state index in [2.05, 4.69) is 20.5 Å². The Labute approximate surface area is 155 Å². The Kier molecular flexibility index (Phi) is 4.50. The lowest BCUT2D eigenvalue weighted by Crippen LogP contribution is -2.16. The lowest BCUT2D eigenvalue weighted by atomic mass is 10.3. The Morgan fingerprint density at radius 3 is 2.69 bits per heavy atom. The summed E-state index contributed by atoms with van der Waals surface area (Å²) >= 11 is 1.35. The second kappa shape index (κ2) is 6.95. The summed E-state index contributed by atoms with van der Waals surface area (Å²) in [6.07, 6.45) is 2.30. The molecule has 1 saturated carbocycles. The van der Waals surface area contributed by atoms with E-state index >= 15 is 0 Å². The molecule has 134 valence electrons. The van der Waals surface area contributed by atoms with Crippen LogP contribution in [0.15, 0.2) is 41.6 Å². The van der Waals surface area contributed by atoms with Crippen LogP contribution in [0.1, 0.15) is 30.3 Å². The molecule has 2 heterocycles. The van der Waals surface area contributed by atoms with Gasteiger partial charge in [-0.05, 0) is 31.9 Å². The van der Waals surface area contributed by atoms with E-state index in [1.807, 2.05) is 48.0 Å². The molecule has 7 nitrogen and oxygen atoms in total. The van der Waals surface area contributed by atoms with Crippen LogP contribution in [0.4, 0.5) is 5.82 Å². The van der Waals surface area contributed by atoms with Crippen LogP contribution in [0.25, 0.3) is 5.69 Å². The molecule has 0 atom stereocenters. The monoisotopic (exact) mass is 368 g/mol. The SMILES string of the molecule is Cc1cc(NC(=O)CSc2nc(C3CC3)n(-c3ccccc3)n2)n(C)n1. The molecule has 1 amide bonds. The minimum atomic E-state index is -0.0953. The van der Waals surface area contributed by atoms with Crippen LogP contribution in [0.2, 0.25) is 0 Å². The molecule has 0 saturated heterocycles. The summed E-state index contributed by atoms with van der Waals surface area (Å²) in [5.74, 6) is 2.31. The molecule has 26 heavy (non-hydrogen) atoms. The van der Waals surface area contributed by atoms with E-state index in [4.69, 9.17) is 0 Å². The smallest absolute Gasteiger partial charge is 0.235 e. The average Bonchev–Trinajstić information content (AvgIpc) is 3.31. The highest BCUT2D eigenvalue weighted by atomic mass is 32.2. The first-order valence-corrected chi connectivity index (χ1v) is 9.54. The Hall–Kier alpha value is -2.61. The van der Waals surface area contributed by atoms with Crippen molar-refractivity contribution in [2.75, 3.05) is 11.1 Å². The Balaban J connectivity index is 1.45. The molecule has 1 aliphatic carbocycles. The van der Waals surface area contributed by atoms with Gasteiger partial charge in [-0.1, -0.05) is 30.0 Å². The normalized spacial score (nSPS) is 13.8. The van der Waals surface area contributed by atoms with Gasteiger partial charge in [0.1, 0.15) is 11.6 Å². The predicted molar refractivity (Wildman–Crippen MR) is 101 cm³/mol. The van der Waals surface area contributed by atoms with Crippen LogP contribution in [-0.2, 0) is 11.8 Å². The number of aromatic nitrogens is 5. The molecule has 0 unspecified atom stereocenters. The van der Waals surface area contributed by atoms with Crippen LogP contribution in [0.5, 0.6) is 0 Å². The molecule has 1 N–H and O–H groups in total. The summed E-state index contributed by atoms with van der Waals surface area (Å²) in [5, 5.41) is 12.3. The van der Waals surface area contributed by atoms with E-state index in [-0.39, 0.29) is 11.7 Å². The summed E-state index contributed by atoms with van der Waals surface area (Å²) in [5.41, 5.74) is 1.87. The minimum Gasteiger partial charge on any atom is -0.310 e. The number of benzene rings is 1. The molecular formula is C18H20N6OS. The number of carbonyl (C=O) groups excluding carboxylic acids is 1. The average molecular weight is 368 g/mol. The van der Waals surface area contributed by atoms with Crippen LogP contribution in [0.3, 0.4) is 0 Å². The van der Waals surface area contributed by atoms with Gasteiger partial charge in [0.25, 0.3) is 0 Å². The fourth-order valence-corrected chi connectivity index (χ4v) is 3.40. The van der Waals surface area contributed by atoms with Gasteiger partial charge in [0, 0.05) is 19.0 Å². The van der Waals surface area contributed by atoms with Crippen LogP contribution >= 0.6 is 11.8 Å². The molecule has 4 rings (SSSR count). The zero-order valence-electron chi connectivity index (χ0n) is 14.7. The van der Waals surface area contributed by atoms with Crippen LogP contribution in [-0.4, -0.2) is 36.2 Å². The largest absolute Gasteiger partial charge is 0.310 e. The van der Waals surface area contributed by atoms with Crippen LogP contribution < -0.4 is 5.32 Å². The van der Waals surface area contributed by atoms with Crippen molar-refractivity contribution in [1.82, 2.24) is 24.5 Å². The molecule has 2 aromatic heterocycles. The number of para-hydroxylation sites is 1. The number of nitrogens with one attached hydrogen (secondary N) is 1. The summed E-state index contributed by atoms with van der Waals surface area (Å²) in [4.78, 5) is 16.9. The number of carbonyl (C=O) groups is 1. The summed E-state index contributed by atoms with van der Waals surface area (Å²) in [6.45, 7) is 1.89. The topological polar surface area (TPSA) is 77.6 Å². The van der Waals surface area contributed by atoms with Gasteiger partial charge in [0.05, 0.1) is 17.1 Å². The number of hydrogen-bond acceptors (Lipinski definition) is 5. The standard InChI is InChI=1S/C18H20N6OS/c1-12-10-15(23(2)21-12)19-16(25)11-26-18-20-17(13-8-9-13)24(22-18)14-6-4-3-5-7-14/h3-7,10,13H,8-9,11H2,1-2H3,(H,19,25). The second-order valence-electron chi connectivity index (χ2n) is 6.41. The second-order valence-corrected chi connectivity index (χ2v) is 7.35. The first kappa shape index (κ1) is 16.8. The van der Waals surface area contributed by atoms with E-state index < -0.39 is 0 Å². The maximum atomic E-state index is 12.2. The number of rotatable bonds is 6. The fourth-order valence-electron chi connectivity index (χ4n) is 2.77. The number of aryl methyl sites for hydroxylation is 2. The van der Waals surface area contributed by atoms with Gasteiger partial charge in [0.2, 0.25) is 11.1 Å². The van der Waals surface area contributed by atoms with Gasteiger partial charge >= 0.3 is 0 Å². The van der Waals surface area contributed by atoms with Crippen molar-refractivity contribution in [3.8, 4) is 5.69 Å². The Morgan fingerprint density at radius 2 is 2.04 bits per heavy atom. The van der Waals surface area contributed by atoms with Crippen molar-refractivity contribution in [3.05, 3.63) is 47.9 Å². The molecule has 8 heteroatoms. The maximum absolute atomic E-state index is 12.2. The summed E-state index contributed by atoms with van der Waals surface area (Å²) in [6, 6.07) is 11.8. The fraction of sp³-hybridized carbons (Fsp3) is 0.333. The lowest BCUT2D eigenvalue weighted by Gasteiger charge is -2.04. The van der Waals surface area contributed by atoms with Crippen molar-refractivity contribution in [1.29, 1.82) is 0 Å². The van der Waals surface area contributed by atoms with Gasteiger partial charge in [0.15, 0.2) is 0 Å². The molecule has 3 aromatic rings. The Bertz CT molecular complexity index is 929. The van der Waals surface area contributed by atoms with E-state index in [0.717, 1.165) is 30.0 Å². The summed E-state index contributed by atoms with van der Waals surface area (Å²) < 4.78 is 3.56. The molecule has 0 aliphatic heterocycles. The minimum absolute atomic E-state index is 0.0953. The van der Waals surface area contributed by atoms with Crippen molar-refractivity contribution in [3.63, 3.8) is 0 Å². The van der Waals surface area contributed by atoms with Gasteiger partial charge < -0.3 is 5.32 Å². The molecule has 1 fully saturated rings. The third-order valence-electron chi connectivity index (χ3n) is 4.16. The van der Waals surface area contributed by atoms with Gasteiger partial charge in [-0.15, -0.1) is 5.10 Å². The van der Waals surface area contributed by atoms with Crippen molar-refractivity contribution >= 4 is 23.5 Å². The maximum Gasteiger partial charge on any atom is 0.235 e. The number of thioether (sulfide) groups is 1. The molecule has 0 spiro atoms. The number of hydrogen-bond donors (Lipinski definition) is 1. The highest BCUT2D eigenvalue weighted by Crippen LogP contribution is 2.40. The zero-order valence-corrected chi connectivity index (χ0v) is 15.5. The van der Waals surface area contributed by atoms with E-state index in [1.165, 1.54) is 11.8 Å². The molecular weight excluding hydrogens is 348 g/mol. The van der Waals surface area contributed by atoms with Crippen molar-refractivity contribution < 1.29 is 4.79 Å². The van der Waals surface area contributed by atoms with Gasteiger partial charge in [-0.3, -0.25) is 9.48 Å². The molecule has 0 bridgehead atoms. The zero-order chi connectivity index (χ0) is 18.1. The first-order valence-electron chi connectivity index (χ1n) is 8.56. The van der Waals surface area contributed by atoms with Crippen molar-refractivity contribution in [2.24, 2.45) is 7.05 Å². The van der Waals surface area contributed by atoms with Gasteiger partial charge in [-0.2, -0.15) is 5.10 Å². The number of nitrogens with zero attached hydrogens (tertiary/aromatic N) is 5. The van der Waals surface area contributed by atoms with Gasteiger partial charge in [-0.25, -0.2) is 9.67 Å². The lowest BCUT2D eigenvalue weighted by molar-refractivity contribution is -0.113. The Morgan fingerprint density at radius 1 is 1.27 bits per heavy atom. The number of anilines is 1. The molecule has 0 radical (unpaired) electrons. The predicted octanol–water partition coefficient (Wildman–Crippen LogP) is 2.92. The van der Waals surface area contributed by atoms with Crippen molar-refractivity contribution in [2.45, 2.75) is 30.8 Å². The first-order chi connectivity index (χ1) is 12.6. The quantitative estimate of drug-likeness (QED) is 0.677. The highest BCUT2D eigenvalue weighted by Gasteiger charge is 2.30. The highest BCUT2D eigenvalue weighted by molar-refractivity contribution is 7.99. The summed E-state index contributed by atoms with van der Waals surface area (Å²) in [7, 11) is 1.81. The molecule has 1 aliphatic rings. The third kappa shape index (κ3) is 3.65.